The highest BCUT2D eigenvalue weighted by molar-refractivity contribution is 6.00. The topological polar surface area (TPSA) is 87.7 Å². The van der Waals surface area contributed by atoms with Crippen molar-refractivity contribution in [2.75, 3.05) is 11.9 Å². The van der Waals surface area contributed by atoms with Crippen molar-refractivity contribution < 1.29 is 19.1 Å². The van der Waals surface area contributed by atoms with E-state index >= 15 is 0 Å². The van der Waals surface area contributed by atoms with Crippen molar-refractivity contribution in [3.8, 4) is 0 Å². The van der Waals surface area contributed by atoms with Gasteiger partial charge in [-0.05, 0) is 73.6 Å². The minimum Gasteiger partial charge on any atom is -0.444 e. The molecule has 0 heterocycles. The number of alkyl carbamates (subject to hydrolysis) is 1. The number of amides is 3. The van der Waals surface area contributed by atoms with Crippen LogP contribution in [-0.2, 0) is 20.7 Å². The summed E-state index contributed by atoms with van der Waals surface area (Å²) in [5, 5.41) is 7.89. The van der Waals surface area contributed by atoms with Gasteiger partial charge in [-0.25, -0.2) is 4.79 Å². The second-order valence-corrected chi connectivity index (χ2v) is 11.4. The van der Waals surface area contributed by atoms with Crippen molar-refractivity contribution in [2.24, 2.45) is 5.92 Å². The van der Waals surface area contributed by atoms with E-state index in [9.17, 15) is 14.4 Å². The van der Waals surface area contributed by atoms with Gasteiger partial charge in [-0.2, -0.15) is 0 Å². The number of ether oxygens (including phenoxy) is 1. The van der Waals surface area contributed by atoms with Gasteiger partial charge in [0.05, 0.1) is 0 Å². The molecule has 0 saturated heterocycles. The number of fused-ring (bicyclic) bond motifs is 1. The van der Waals surface area contributed by atoms with E-state index in [2.05, 4.69) is 17.6 Å². The average molecular weight is 546 g/mol. The number of carbonyl (C=O) groups is 3. The molecule has 0 spiro atoms. The van der Waals surface area contributed by atoms with E-state index in [0.717, 1.165) is 22.8 Å². The van der Waals surface area contributed by atoms with Gasteiger partial charge in [-0.15, -0.1) is 0 Å². The second-order valence-electron chi connectivity index (χ2n) is 11.4. The lowest BCUT2D eigenvalue weighted by atomic mass is 9.97. The molecule has 0 bridgehead atoms. The number of rotatable bonds is 10. The SMILES string of the molecule is CCCN(C(=O)C(NC(=O)OC(C)(C)C)C(C)C)C(C(=O)Nc1ccc2ccccc2c1)c1ccc(CC)cc1. The molecule has 0 fully saturated rings. The molecular weight excluding hydrogens is 502 g/mol. The Morgan fingerprint density at radius 1 is 0.900 bits per heavy atom. The van der Waals surface area contributed by atoms with Crippen LogP contribution in [0.25, 0.3) is 10.8 Å². The number of benzene rings is 3. The summed E-state index contributed by atoms with van der Waals surface area (Å²) in [5.41, 5.74) is 1.78. The van der Waals surface area contributed by atoms with Crippen LogP contribution >= 0.6 is 0 Å². The predicted molar refractivity (Wildman–Crippen MR) is 161 cm³/mol. The largest absolute Gasteiger partial charge is 0.444 e. The van der Waals surface area contributed by atoms with Crippen LogP contribution in [0.15, 0.2) is 66.7 Å². The third-order valence-electron chi connectivity index (χ3n) is 6.63. The second kappa shape index (κ2) is 13.5. The van der Waals surface area contributed by atoms with Gasteiger partial charge in [0.1, 0.15) is 17.7 Å². The molecule has 7 nitrogen and oxygen atoms in total. The summed E-state index contributed by atoms with van der Waals surface area (Å²) >= 11 is 0. The summed E-state index contributed by atoms with van der Waals surface area (Å²) in [6.07, 6.45) is 0.831. The summed E-state index contributed by atoms with van der Waals surface area (Å²) in [6, 6.07) is 19.7. The number of hydrogen-bond acceptors (Lipinski definition) is 4. The standard InChI is InChI=1S/C33H43N3O4/c1-8-20-36(31(38)28(22(3)4)35-32(39)40-33(5,6)7)29(25-16-14-23(9-2)15-17-25)30(37)34-27-19-18-24-12-10-11-13-26(24)21-27/h10-19,21-22,28-29H,8-9,20H2,1-7H3,(H,34,37)(H,35,39). The molecule has 0 aromatic heterocycles. The molecule has 0 radical (unpaired) electrons. The predicted octanol–water partition coefficient (Wildman–Crippen LogP) is 6.87. The van der Waals surface area contributed by atoms with Gasteiger partial charge in [0.25, 0.3) is 5.91 Å². The van der Waals surface area contributed by atoms with E-state index in [4.69, 9.17) is 4.74 Å². The van der Waals surface area contributed by atoms with Crippen LogP contribution in [0, 0.1) is 5.92 Å². The van der Waals surface area contributed by atoms with Gasteiger partial charge in [0.15, 0.2) is 0 Å². The smallest absolute Gasteiger partial charge is 0.408 e. The van der Waals surface area contributed by atoms with Gasteiger partial charge in [-0.1, -0.05) is 82.3 Å². The van der Waals surface area contributed by atoms with Crippen molar-refractivity contribution >= 4 is 34.4 Å². The molecular formula is C33H43N3O4. The summed E-state index contributed by atoms with van der Waals surface area (Å²) in [4.78, 5) is 42.4. The van der Waals surface area contributed by atoms with Gasteiger partial charge < -0.3 is 20.3 Å². The first-order valence-electron chi connectivity index (χ1n) is 14.1. The van der Waals surface area contributed by atoms with Gasteiger partial charge in [-0.3, -0.25) is 9.59 Å². The number of nitrogens with zero attached hydrogens (tertiary/aromatic N) is 1. The lowest BCUT2D eigenvalue weighted by Crippen LogP contribution is -2.54. The molecule has 2 N–H and O–H groups in total. The number of carbonyl (C=O) groups excluding carboxylic acids is 3. The van der Waals surface area contributed by atoms with E-state index in [-0.39, 0.29) is 17.7 Å². The van der Waals surface area contributed by atoms with Gasteiger partial charge in [0, 0.05) is 12.2 Å². The fourth-order valence-corrected chi connectivity index (χ4v) is 4.62. The maximum absolute atomic E-state index is 14.1. The lowest BCUT2D eigenvalue weighted by molar-refractivity contribution is -0.141. The van der Waals surface area contributed by atoms with Crippen molar-refractivity contribution in [3.63, 3.8) is 0 Å². The quantitative estimate of drug-likeness (QED) is 0.291. The zero-order valence-electron chi connectivity index (χ0n) is 24.8. The first kappa shape index (κ1) is 30.7. The monoisotopic (exact) mass is 545 g/mol. The highest BCUT2D eigenvalue weighted by Gasteiger charge is 2.37. The van der Waals surface area contributed by atoms with Crippen molar-refractivity contribution in [1.82, 2.24) is 10.2 Å². The van der Waals surface area contributed by atoms with Crippen LogP contribution in [0.3, 0.4) is 0 Å². The zero-order chi connectivity index (χ0) is 29.4. The average Bonchev–Trinajstić information content (AvgIpc) is 2.90. The first-order valence-corrected chi connectivity index (χ1v) is 14.1. The highest BCUT2D eigenvalue weighted by atomic mass is 16.6. The maximum Gasteiger partial charge on any atom is 0.408 e. The Balaban J connectivity index is 2.00. The summed E-state index contributed by atoms with van der Waals surface area (Å²) < 4.78 is 5.44. The van der Waals surface area contributed by atoms with Crippen LogP contribution in [0.5, 0.6) is 0 Å². The fraction of sp³-hybridized carbons (Fsp3) is 0.424. The van der Waals surface area contributed by atoms with E-state index < -0.39 is 23.8 Å². The summed E-state index contributed by atoms with van der Waals surface area (Å²) in [5.74, 6) is -0.881. The van der Waals surface area contributed by atoms with Crippen LogP contribution in [0.2, 0.25) is 0 Å². The van der Waals surface area contributed by atoms with Crippen LogP contribution in [0.1, 0.15) is 72.1 Å². The number of nitrogens with one attached hydrogen (secondary N) is 2. The van der Waals surface area contributed by atoms with E-state index in [1.54, 1.807) is 25.7 Å². The van der Waals surface area contributed by atoms with Crippen molar-refractivity contribution in [3.05, 3.63) is 77.9 Å². The molecule has 3 aromatic rings. The Kier molecular flexibility index (Phi) is 10.3. The number of aryl methyl sites for hydroxylation is 1. The summed E-state index contributed by atoms with van der Waals surface area (Å²) in [6.45, 7) is 13.4. The Bertz CT molecular complexity index is 1310. The molecule has 3 aromatic carbocycles. The van der Waals surface area contributed by atoms with Gasteiger partial charge in [0.2, 0.25) is 5.91 Å². The normalized spacial score (nSPS) is 13.0. The Labute approximate surface area is 238 Å². The molecule has 3 rings (SSSR count). The van der Waals surface area contributed by atoms with E-state index in [0.29, 0.717) is 24.2 Å². The maximum atomic E-state index is 14.1. The molecule has 214 valence electrons. The van der Waals surface area contributed by atoms with Crippen molar-refractivity contribution in [2.45, 2.75) is 79.0 Å². The number of anilines is 1. The molecule has 0 saturated carbocycles. The molecule has 7 heteroatoms. The Morgan fingerprint density at radius 2 is 1.55 bits per heavy atom. The van der Waals surface area contributed by atoms with Crippen LogP contribution in [-0.4, -0.2) is 41.0 Å². The molecule has 2 unspecified atom stereocenters. The van der Waals surface area contributed by atoms with Crippen LogP contribution in [0.4, 0.5) is 10.5 Å². The molecule has 0 aliphatic heterocycles. The number of hydrogen-bond donors (Lipinski definition) is 2. The first-order chi connectivity index (χ1) is 18.9. The van der Waals surface area contributed by atoms with E-state index in [1.807, 2.05) is 87.5 Å². The molecule has 2 atom stereocenters. The minimum atomic E-state index is -0.897. The Morgan fingerprint density at radius 3 is 2.12 bits per heavy atom. The summed E-state index contributed by atoms with van der Waals surface area (Å²) in [7, 11) is 0. The molecule has 40 heavy (non-hydrogen) atoms. The Hall–Kier alpha value is -3.87. The third-order valence-corrected chi connectivity index (χ3v) is 6.63. The highest BCUT2D eigenvalue weighted by Crippen LogP contribution is 2.27. The third kappa shape index (κ3) is 8.07. The van der Waals surface area contributed by atoms with Crippen molar-refractivity contribution in [1.29, 1.82) is 0 Å². The van der Waals surface area contributed by atoms with E-state index in [1.165, 1.54) is 0 Å². The van der Waals surface area contributed by atoms with Gasteiger partial charge >= 0.3 is 6.09 Å². The molecule has 0 aliphatic rings. The fourth-order valence-electron chi connectivity index (χ4n) is 4.62. The van der Waals surface area contributed by atoms with Crippen LogP contribution < -0.4 is 10.6 Å². The molecule has 0 aliphatic carbocycles. The lowest BCUT2D eigenvalue weighted by Gasteiger charge is -2.35. The molecule has 3 amide bonds. The zero-order valence-corrected chi connectivity index (χ0v) is 24.8. The minimum absolute atomic E-state index is 0.231.